The maximum Gasteiger partial charge on any atom is 0.356 e. The topological polar surface area (TPSA) is 59.4 Å². The van der Waals surface area contributed by atoms with Crippen molar-refractivity contribution in [2.75, 3.05) is 7.11 Å². The molecule has 1 aromatic heterocycles. The fourth-order valence-electron chi connectivity index (χ4n) is 1.58. The minimum Gasteiger partial charge on any atom is -0.495 e. The first-order valence-electron chi connectivity index (χ1n) is 5.07. The second-order valence-corrected chi connectivity index (χ2v) is 5.18. The summed E-state index contributed by atoms with van der Waals surface area (Å²) in [5.74, 6) is -0.486. The van der Waals surface area contributed by atoms with Crippen molar-refractivity contribution in [2.24, 2.45) is 0 Å². The van der Waals surface area contributed by atoms with Gasteiger partial charge in [0, 0.05) is 0 Å². The summed E-state index contributed by atoms with van der Waals surface area (Å²) in [6, 6.07) is 5.15. The van der Waals surface area contributed by atoms with Crippen molar-refractivity contribution < 1.29 is 14.6 Å². The van der Waals surface area contributed by atoms with E-state index in [2.05, 4.69) is 4.98 Å². The van der Waals surface area contributed by atoms with Crippen LogP contribution in [-0.2, 0) is 0 Å². The highest BCUT2D eigenvalue weighted by Crippen LogP contribution is 2.35. The van der Waals surface area contributed by atoms with Gasteiger partial charge in [0.1, 0.15) is 5.75 Å². The Kier molecular flexibility index (Phi) is 3.54. The number of methoxy groups -OCH3 is 1. The lowest BCUT2D eigenvalue weighted by Gasteiger charge is -2.05. The molecule has 4 nitrogen and oxygen atoms in total. The molecule has 0 aliphatic carbocycles. The summed E-state index contributed by atoms with van der Waals surface area (Å²) in [4.78, 5) is 15.7. The molecule has 1 aromatic carbocycles. The summed E-state index contributed by atoms with van der Waals surface area (Å²) in [6.45, 7) is 1.77. The van der Waals surface area contributed by atoms with Gasteiger partial charge in [-0.25, -0.2) is 9.78 Å². The molecule has 0 amide bonds. The van der Waals surface area contributed by atoms with Crippen LogP contribution in [0.2, 0.25) is 5.02 Å². The van der Waals surface area contributed by atoms with E-state index in [9.17, 15) is 4.79 Å². The van der Waals surface area contributed by atoms with Crippen molar-refractivity contribution in [3.05, 3.63) is 33.9 Å². The molecule has 0 radical (unpaired) electrons. The van der Waals surface area contributed by atoms with Crippen LogP contribution in [-0.4, -0.2) is 23.2 Å². The molecule has 0 saturated carbocycles. The van der Waals surface area contributed by atoms with E-state index in [-0.39, 0.29) is 5.69 Å². The average Bonchev–Trinajstić information content (AvgIpc) is 2.71. The van der Waals surface area contributed by atoms with Gasteiger partial charge in [-0.15, -0.1) is 11.3 Å². The van der Waals surface area contributed by atoms with Crippen molar-refractivity contribution in [3.63, 3.8) is 0 Å². The fourth-order valence-corrected chi connectivity index (χ4v) is 2.74. The van der Waals surface area contributed by atoms with E-state index in [1.807, 2.05) is 0 Å². The number of carbonyl (C=O) groups is 1. The number of aryl methyl sites for hydroxylation is 1. The predicted octanol–water partition coefficient (Wildman–Crippen LogP) is 3.48. The van der Waals surface area contributed by atoms with Crippen LogP contribution in [0.15, 0.2) is 18.2 Å². The van der Waals surface area contributed by atoms with Crippen molar-refractivity contribution in [2.45, 2.75) is 6.92 Å². The van der Waals surface area contributed by atoms with E-state index in [4.69, 9.17) is 21.4 Å². The summed E-state index contributed by atoms with van der Waals surface area (Å²) < 4.78 is 5.06. The molecule has 0 spiro atoms. The number of halogens is 1. The number of hydrogen-bond acceptors (Lipinski definition) is 4. The van der Waals surface area contributed by atoms with Gasteiger partial charge in [-0.05, 0) is 30.7 Å². The van der Waals surface area contributed by atoms with Gasteiger partial charge in [-0.1, -0.05) is 11.6 Å². The Morgan fingerprint density at radius 1 is 1.50 bits per heavy atom. The number of hydrogen-bond donors (Lipinski definition) is 1. The Labute approximate surface area is 113 Å². The summed E-state index contributed by atoms with van der Waals surface area (Å²) in [5, 5.41) is 10.2. The number of nitrogens with zero attached hydrogens (tertiary/aromatic N) is 1. The first-order valence-corrected chi connectivity index (χ1v) is 6.27. The zero-order valence-corrected chi connectivity index (χ0v) is 11.3. The molecule has 0 unspecified atom stereocenters. The predicted molar refractivity (Wildman–Crippen MR) is 70.8 cm³/mol. The van der Waals surface area contributed by atoms with Gasteiger partial charge < -0.3 is 9.84 Å². The number of benzene rings is 1. The lowest BCUT2D eigenvalue weighted by atomic mass is 10.1. The highest BCUT2D eigenvalue weighted by molar-refractivity contribution is 7.15. The highest BCUT2D eigenvalue weighted by Gasteiger charge is 2.18. The molecule has 94 valence electrons. The average molecular weight is 284 g/mol. The van der Waals surface area contributed by atoms with Crippen LogP contribution in [0.1, 0.15) is 15.5 Å². The molecule has 0 aliphatic rings. The number of aromatic carboxylic acids is 1. The number of aromatic nitrogens is 1. The van der Waals surface area contributed by atoms with Crippen molar-refractivity contribution in [1.29, 1.82) is 0 Å². The van der Waals surface area contributed by atoms with Crippen LogP contribution < -0.4 is 4.74 Å². The molecule has 0 saturated heterocycles. The van der Waals surface area contributed by atoms with Crippen LogP contribution in [0.25, 0.3) is 10.4 Å². The monoisotopic (exact) mass is 283 g/mol. The first kappa shape index (κ1) is 12.9. The number of ether oxygens (including phenoxy) is 1. The van der Waals surface area contributed by atoms with Gasteiger partial charge in [0.2, 0.25) is 0 Å². The Morgan fingerprint density at radius 2 is 2.22 bits per heavy atom. The second kappa shape index (κ2) is 4.96. The highest BCUT2D eigenvalue weighted by atomic mass is 35.5. The van der Waals surface area contributed by atoms with Crippen LogP contribution >= 0.6 is 22.9 Å². The van der Waals surface area contributed by atoms with Crippen LogP contribution in [0, 0.1) is 6.92 Å². The Bertz CT molecular complexity index is 609. The van der Waals surface area contributed by atoms with Crippen LogP contribution in [0.3, 0.4) is 0 Å². The Hall–Kier alpha value is -1.59. The van der Waals surface area contributed by atoms with E-state index in [1.165, 1.54) is 18.4 Å². The minimum absolute atomic E-state index is 0.0544. The Morgan fingerprint density at radius 3 is 2.78 bits per heavy atom. The van der Waals surface area contributed by atoms with Gasteiger partial charge in [0.15, 0.2) is 5.69 Å². The van der Waals surface area contributed by atoms with Gasteiger partial charge >= 0.3 is 5.97 Å². The van der Waals surface area contributed by atoms with Gasteiger partial charge in [-0.3, -0.25) is 0 Å². The molecule has 2 aromatic rings. The molecule has 1 heterocycles. The number of thiazole rings is 1. The lowest BCUT2D eigenvalue weighted by molar-refractivity contribution is 0.0692. The Balaban J connectivity index is 2.55. The summed E-state index contributed by atoms with van der Waals surface area (Å²) in [6.07, 6.45) is 0. The third-order valence-electron chi connectivity index (χ3n) is 2.35. The van der Waals surface area contributed by atoms with E-state index in [1.54, 1.807) is 25.1 Å². The minimum atomic E-state index is -1.04. The molecule has 2 rings (SSSR count). The van der Waals surface area contributed by atoms with E-state index in [0.29, 0.717) is 20.7 Å². The summed E-state index contributed by atoms with van der Waals surface area (Å²) in [7, 11) is 1.53. The molecular weight excluding hydrogens is 274 g/mol. The first-order chi connectivity index (χ1) is 8.52. The van der Waals surface area contributed by atoms with E-state index < -0.39 is 5.97 Å². The van der Waals surface area contributed by atoms with Crippen LogP contribution in [0.4, 0.5) is 0 Å². The summed E-state index contributed by atoms with van der Waals surface area (Å²) in [5.41, 5.74) is 0.780. The molecule has 0 atom stereocenters. The standard InChI is InChI=1S/C12H10ClNO3S/c1-6-14-10(12(15)16)11(18-6)7-3-4-9(17-2)8(13)5-7/h3-5H,1-2H3,(H,15,16). The van der Waals surface area contributed by atoms with Gasteiger partial charge in [-0.2, -0.15) is 0 Å². The van der Waals surface area contributed by atoms with E-state index >= 15 is 0 Å². The molecule has 0 fully saturated rings. The maximum atomic E-state index is 11.1. The number of carboxylic acids is 1. The molecule has 0 aliphatic heterocycles. The van der Waals surface area contributed by atoms with Gasteiger partial charge in [0.25, 0.3) is 0 Å². The molecule has 6 heteroatoms. The summed E-state index contributed by atoms with van der Waals surface area (Å²) >= 11 is 7.36. The zero-order valence-electron chi connectivity index (χ0n) is 9.73. The molecule has 1 N–H and O–H groups in total. The fraction of sp³-hybridized carbons (Fsp3) is 0.167. The third-order valence-corrected chi connectivity index (χ3v) is 3.67. The van der Waals surface area contributed by atoms with Crippen LogP contribution in [0.5, 0.6) is 5.75 Å². The van der Waals surface area contributed by atoms with E-state index in [0.717, 1.165) is 5.56 Å². The SMILES string of the molecule is COc1ccc(-c2sc(C)nc2C(=O)O)cc1Cl. The maximum absolute atomic E-state index is 11.1. The lowest BCUT2D eigenvalue weighted by Crippen LogP contribution is -1.98. The molecule has 18 heavy (non-hydrogen) atoms. The van der Waals surface area contributed by atoms with Crippen molar-refractivity contribution in [3.8, 4) is 16.2 Å². The largest absolute Gasteiger partial charge is 0.495 e. The van der Waals surface area contributed by atoms with Gasteiger partial charge in [0.05, 0.1) is 22.0 Å². The second-order valence-electron chi connectivity index (χ2n) is 3.57. The third kappa shape index (κ3) is 2.32. The molecule has 0 bridgehead atoms. The zero-order chi connectivity index (χ0) is 13.3. The number of carboxylic acid groups (broad SMARTS) is 1. The van der Waals surface area contributed by atoms with Crippen molar-refractivity contribution >= 4 is 28.9 Å². The van der Waals surface area contributed by atoms with Crippen molar-refractivity contribution in [1.82, 2.24) is 4.98 Å². The smallest absolute Gasteiger partial charge is 0.356 e. The molecular formula is C12H10ClNO3S. The number of rotatable bonds is 3. The normalized spacial score (nSPS) is 10.4. The quantitative estimate of drug-likeness (QED) is 0.937.